The van der Waals surface area contributed by atoms with Gasteiger partial charge in [-0.1, -0.05) is 54.6 Å². The molecular weight excluding hydrogens is 422 g/mol. The minimum Gasteiger partial charge on any atom is -0.345 e. The van der Waals surface area contributed by atoms with E-state index in [-0.39, 0.29) is 24.1 Å². The van der Waals surface area contributed by atoms with Crippen LogP contribution in [0.15, 0.2) is 66.3 Å². The van der Waals surface area contributed by atoms with Gasteiger partial charge in [0.1, 0.15) is 0 Å². The number of anilines is 1. The van der Waals surface area contributed by atoms with Gasteiger partial charge in [-0.15, -0.1) is 16.8 Å². The molecule has 0 spiro atoms. The van der Waals surface area contributed by atoms with E-state index in [1.807, 2.05) is 54.0 Å². The highest BCUT2D eigenvalue weighted by Gasteiger charge is 2.15. The van der Waals surface area contributed by atoms with Crippen LogP contribution >= 0.6 is 11.8 Å². The lowest BCUT2D eigenvalue weighted by atomic mass is 10.1. The molecule has 3 rings (SSSR count). The number of amides is 2. The van der Waals surface area contributed by atoms with Crippen LogP contribution in [0.5, 0.6) is 0 Å². The highest BCUT2D eigenvalue weighted by atomic mass is 32.2. The van der Waals surface area contributed by atoms with Gasteiger partial charge in [-0.25, -0.2) is 0 Å². The average Bonchev–Trinajstić information content (AvgIpc) is 3.18. The van der Waals surface area contributed by atoms with Crippen molar-refractivity contribution in [2.75, 3.05) is 11.1 Å². The molecule has 2 aromatic carbocycles. The van der Waals surface area contributed by atoms with Crippen LogP contribution in [-0.4, -0.2) is 32.3 Å². The lowest BCUT2D eigenvalue weighted by Gasteiger charge is -2.09. The first-order valence-corrected chi connectivity index (χ1v) is 11.4. The quantitative estimate of drug-likeness (QED) is 0.361. The van der Waals surface area contributed by atoms with Crippen LogP contribution < -0.4 is 10.6 Å². The van der Waals surface area contributed by atoms with Crippen molar-refractivity contribution in [1.82, 2.24) is 20.1 Å². The van der Waals surface area contributed by atoms with Gasteiger partial charge in [0.25, 0.3) is 5.91 Å². The third kappa shape index (κ3) is 6.31. The van der Waals surface area contributed by atoms with Crippen LogP contribution in [-0.2, 0) is 24.3 Å². The Morgan fingerprint density at radius 3 is 2.62 bits per heavy atom. The van der Waals surface area contributed by atoms with Gasteiger partial charge in [-0.2, -0.15) is 0 Å². The molecule has 7 nitrogen and oxygen atoms in total. The molecule has 32 heavy (non-hydrogen) atoms. The fourth-order valence-electron chi connectivity index (χ4n) is 3.07. The Balaban J connectivity index is 1.59. The van der Waals surface area contributed by atoms with Crippen LogP contribution in [0.2, 0.25) is 0 Å². The fourth-order valence-corrected chi connectivity index (χ4v) is 3.83. The molecule has 0 aliphatic rings. The Kier molecular flexibility index (Phi) is 8.21. The number of aryl methyl sites for hydroxylation is 2. The number of aromatic nitrogens is 3. The van der Waals surface area contributed by atoms with E-state index < -0.39 is 0 Å². The summed E-state index contributed by atoms with van der Waals surface area (Å²) in [4.78, 5) is 24.8. The van der Waals surface area contributed by atoms with E-state index in [4.69, 9.17) is 0 Å². The van der Waals surface area contributed by atoms with Crippen LogP contribution in [0.25, 0.3) is 0 Å². The fraction of sp³-hybridized carbons (Fsp3) is 0.250. The Morgan fingerprint density at radius 2 is 1.94 bits per heavy atom. The number of nitrogens with one attached hydrogen (secondary N) is 2. The first-order chi connectivity index (χ1) is 15.5. The summed E-state index contributed by atoms with van der Waals surface area (Å²) in [7, 11) is 0. The van der Waals surface area contributed by atoms with Crippen molar-refractivity contribution in [3.05, 3.63) is 83.7 Å². The number of nitrogens with zero attached hydrogens (tertiary/aromatic N) is 3. The van der Waals surface area contributed by atoms with E-state index in [2.05, 4.69) is 34.3 Å². The number of benzene rings is 2. The van der Waals surface area contributed by atoms with Crippen molar-refractivity contribution in [3.8, 4) is 0 Å². The van der Waals surface area contributed by atoms with Crippen LogP contribution in [0.1, 0.15) is 34.2 Å². The van der Waals surface area contributed by atoms with Crippen molar-refractivity contribution in [3.63, 3.8) is 0 Å². The minimum atomic E-state index is -0.176. The molecule has 0 atom stereocenters. The smallest absolute Gasteiger partial charge is 0.251 e. The van der Waals surface area contributed by atoms with E-state index in [9.17, 15) is 9.59 Å². The van der Waals surface area contributed by atoms with E-state index in [1.165, 1.54) is 17.3 Å². The number of carbonyl (C=O) groups excluding carboxylic acids is 2. The van der Waals surface area contributed by atoms with Gasteiger partial charge in [0, 0.05) is 17.8 Å². The molecule has 0 unspecified atom stereocenters. The van der Waals surface area contributed by atoms with Crippen molar-refractivity contribution >= 4 is 29.3 Å². The predicted octanol–water partition coefficient (Wildman–Crippen LogP) is 4.00. The molecule has 0 radical (unpaired) electrons. The Hall–Kier alpha value is -3.39. The van der Waals surface area contributed by atoms with E-state index in [0.717, 1.165) is 17.7 Å². The van der Waals surface area contributed by atoms with Gasteiger partial charge in [0.05, 0.1) is 12.3 Å². The van der Waals surface area contributed by atoms with Crippen molar-refractivity contribution in [2.45, 2.75) is 38.5 Å². The standard InChI is InChI=1S/C24H27N5O2S/c1-4-13-29-21(15-25-23(31)19-8-6-7-17(3)14-19)27-28-24(29)32-16-22(30)26-20-11-9-18(5-2)10-12-20/h4,6-12,14H,1,5,13,15-16H2,2-3H3,(H,25,31)(H,26,30). The molecule has 0 fully saturated rings. The molecule has 0 aliphatic carbocycles. The Labute approximate surface area is 192 Å². The zero-order valence-corrected chi connectivity index (χ0v) is 19.1. The number of allylic oxidation sites excluding steroid dienone is 1. The molecule has 3 aromatic rings. The third-order valence-electron chi connectivity index (χ3n) is 4.77. The van der Waals surface area contributed by atoms with Gasteiger partial charge in [0.2, 0.25) is 5.91 Å². The van der Waals surface area contributed by atoms with Crippen LogP contribution in [0, 0.1) is 6.92 Å². The summed E-state index contributed by atoms with van der Waals surface area (Å²) in [5.41, 5.74) is 3.60. The maximum Gasteiger partial charge on any atom is 0.251 e. The Morgan fingerprint density at radius 1 is 1.16 bits per heavy atom. The maximum absolute atomic E-state index is 12.4. The van der Waals surface area contributed by atoms with Gasteiger partial charge < -0.3 is 15.2 Å². The monoisotopic (exact) mass is 449 g/mol. The highest BCUT2D eigenvalue weighted by molar-refractivity contribution is 7.99. The Bertz CT molecular complexity index is 1090. The zero-order valence-electron chi connectivity index (χ0n) is 18.3. The van der Waals surface area contributed by atoms with E-state index in [0.29, 0.717) is 23.1 Å². The minimum absolute atomic E-state index is 0.123. The lowest BCUT2D eigenvalue weighted by molar-refractivity contribution is -0.113. The topological polar surface area (TPSA) is 88.9 Å². The molecule has 2 amide bonds. The molecule has 0 saturated heterocycles. The summed E-state index contributed by atoms with van der Waals surface area (Å²) in [6.45, 7) is 8.52. The second kappa shape index (κ2) is 11.3. The third-order valence-corrected chi connectivity index (χ3v) is 5.74. The van der Waals surface area contributed by atoms with E-state index >= 15 is 0 Å². The second-order valence-corrected chi connectivity index (χ2v) is 8.18. The summed E-state index contributed by atoms with van der Waals surface area (Å²) in [6.07, 6.45) is 2.69. The summed E-state index contributed by atoms with van der Waals surface area (Å²) >= 11 is 1.29. The molecule has 0 bridgehead atoms. The first kappa shape index (κ1) is 23.3. The molecule has 2 N–H and O–H groups in total. The summed E-state index contributed by atoms with van der Waals surface area (Å²) in [5.74, 6) is 0.496. The number of carbonyl (C=O) groups is 2. The van der Waals surface area contributed by atoms with E-state index in [1.54, 1.807) is 12.1 Å². The van der Waals surface area contributed by atoms with Crippen molar-refractivity contribution < 1.29 is 9.59 Å². The van der Waals surface area contributed by atoms with Crippen LogP contribution in [0.4, 0.5) is 5.69 Å². The SMILES string of the molecule is C=CCn1c(CNC(=O)c2cccc(C)c2)nnc1SCC(=O)Nc1ccc(CC)cc1. The molecule has 1 heterocycles. The number of hydrogen-bond acceptors (Lipinski definition) is 5. The second-order valence-electron chi connectivity index (χ2n) is 7.24. The summed E-state index contributed by atoms with van der Waals surface area (Å²) < 4.78 is 1.84. The first-order valence-electron chi connectivity index (χ1n) is 10.4. The zero-order chi connectivity index (χ0) is 22.9. The summed E-state index contributed by atoms with van der Waals surface area (Å²) in [6, 6.07) is 15.2. The summed E-state index contributed by atoms with van der Waals surface area (Å²) in [5, 5.41) is 14.8. The molecule has 166 valence electrons. The van der Waals surface area contributed by atoms with Crippen LogP contribution in [0.3, 0.4) is 0 Å². The average molecular weight is 450 g/mol. The normalized spacial score (nSPS) is 10.6. The number of hydrogen-bond donors (Lipinski definition) is 2. The predicted molar refractivity (Wildman–Crippen MR) is 128 cm³/mol. The van der Waals surface area contributed by atoms with Gasteiger partial charge in [-0.05, 0) is 43.2 Å². The van der Waals surface area contributed by atoms with Crippen molar-refractivity contribution in [2.24, 2.45) is 0 Å². The molecule has 0 aliphatic heterocycles. The highest BCUT2D eigenvalue weighted by Crippen LogP contribution is 2.18. The van der Waals surface area contributed by atoms with Gasteiger partial charge in [0.15, 0.2) is 11.0 Å². The maximum atomic E-state index is 12.4. The van der Waals surface area contributed by atoms with Gasteiger partial charge >= 0.3 is 0 Å². The van der Waals surface area contributed by atoms with Crippen molar-refractivity contribution in [1.29, 1.82) is 0 Å². The number of thioether (sulfide) groups is 1. The van der Waals surface area contributed by atoms with Gasteiger partial charge in [-0.3, -0.25) is 9.59 Å². The molecule has 1 aromatic heterocycles. The lowest BCUT2D eigenvalue weighted by Crippen LogP contribution is -2.25. The molecule has 8 heteroatoms. The largest absolute Gasteiger partial charge is 0.345 e. The molecular formula is C24H27N5O2S. The number of rotatable bonds is 10. The molecule has 0 saturated carbocycles.